The van der Waals surface area contributed by atoms with Crippen molar-refractivity contribution < 1.29 is 9.53 Å². The number of nitrogens with one attached hydrogen (secondary N) is 1. The highest BCUT2D eigenvalue weighted by atomic mass is 16.5. The Labute approximate surface area is 66.1 Å². The Morgan fingerprint density at radius 1 is 1.55 bits per heavy atom. The van der Waals surface area contributed by atoms with E-state index in [0.717, 1.165) is 13.0 Å². The summed E-state index contributed by atoms with van der Waals surface area (Å²) in [5.41, 5.74) is 0. The highest BCUT2D eigenvalue weighted by Gasteiger charge is 2.43. The van der Waals surface area contributed by atoms with Crippen LogP contribution in [0.3, 0.4) is 0 Å². The van der Waals surface area contributed by atoms with Crippen molar-refractivity contribution in [1.29, 1.82) is 0 Å². The Balaban J connectivity index is 2.02. The Morgan fingerprint density at radius 2 is 2.36 bits per heavy atom. The molecule has 2 fully saturated rings. The van der Waals surface area contributed by atoms with Crippen LogP contribution in [0, 0.1) is 11.8 Å². The molecular formula is C8H13NO2. The average Bonchev–Trinajstić information content (AvgIpc) is 2.62. The van der Waals surface area contributed by atoms with Gasteiger partial charge in [-0.05, 0) is 25.3 Å². The lowest BCUT2D eigenvalue weighted by atomic mass is 9.96. The summed E-state index contributed by atoms with van der Waals surface area (Å²) in [7, 11) is 1.47. The minimum Gasteiger partial charge on any atom is -0.469 e. The van der Waals surface area contributed by atoms with Crippen LogP contribution in [0.2, 0.25) is 0 Å². The zero-order valence-corrected chi connectivity index (χ0v) is 6.67. The van der Waals surface area contributed by atoms with Gasteiger partial charge in [0.15, 0.2) is 0 Å². The van der Waals surface area contributed by atoms with Gasteiger partial charge in [0.1, 0.15) is 0 Å². The number of ether oxygens (including phenoxy) is 1. The van der Waals surface area contributed by atoms with Crippen molar-refractivity contribution in [3.05, 3.63) is 0 Å². The summed E-state index contributed by atoms with van der Waals surface area (Å²) in [6.45, 7) is 1.00. The van der Waals surface area contributed by atoms with Crippen molar-refractivity contribution in [3.63, 3.8) is 0 Å². The molecule has 1 unspecified atom stereocenters. The van der Waals surface area contributed by atoms with E-state index in [1.807, 2.05) is 0 Å². The van der Waals surface area contributed by atoms with Crippen LogP contribution < -0.4 is 5.32 Å². The van der Waals surface area contributed by atoms with E-state index < -0.39 is 0 Å². The van der Waals surface area contributed by atoms with Crippen LogP contribution in [0.15, 0.2) is 0 Å². The van der Waals surface area contributed by atoms with Crippen molar-refractivity contribution in [1.82, 2.24) is 5.32 Å². The van der Waals surface area contributed by atoms with E-state index in [4.69, 9.17) is 4.74 Å². The normalized spacial score (nSPS) is 41.0. The maximum absolute atomic E-state index is 11.2. The van der Waals surface area contributed by atoms with Crippen molar-refractivity contribution in [3.8, 4) is 0 Å². The lowest BCUT2D eigenvalue weighted by molar-refractivity contribution is -0.146. The van der Waals surface area contributed by atoms with Crippen LogP contribution in [0.1, 0.15) is 12.8 Å². The average molecular weight is 155 g/mol. The quantitative estimate of drug-likeness (QED) is 0.548. The van der Waals surface area contributed by atoms with Gasteiger partial charge in [0.2, 0.25) is 0 Å². The molecule has 1 heterocycles. The fourth-order valence-electron chi connectivity index (χ4n) is 2.28. The molecule has 3 nitrogen and oxygen atoms in total. The summed E-state index contributed by atoms with van der Waals surface area (Å²) >= 11 is 0. The Hall–Kier alpha value is -0.570. The highest BCUT2D eigenvalue weighted by Crippen LogP contribution is 2.36. The second kappa shape index (κ2) is 2.48. The summed E-state index contributed by atoms with van der Waals surface area (Å²) in [4.78, 5) is 11.2. The second-order valence-electron chi connectivity index (χ2n) is 3.47. The SMILES string of the molecule is COC(=O)[C@H]1CC2C[C@H]1CN2. The van der Waals surface area contributed by atoms with Gasteiger partial charge in [0, 0.05) is 6.04 Å². The zero-order chi connectivity index (χ0) is 7.84. The highest BCUT2D eigenvalue weighted by molar-refractivity contribution is 5.73. The number of rotatable bonds is 1. The summed E-state index contributed by atoms with van der Waals surface area (Å²) in [5, 5.41) is 3.36. The van der Waals surface area contributed by atoms with Gasteiger partial charge in [-0.15, -0.1) is 0 Å². The molecule has 62 valence electrons. The molecule has 3 heteroatoms. The summed E-state index contributed by atoms with van der Waals surface area (Å²) in [5.74, 6) is 0.720. The predicted octanol–water partition coefficient (Wildman–Crippen LogP) is 0.157. The van der Waals surface area contributed by atoms with E-state index >= 15 is 0 Å². The molecular weight excluding hydrogens is 142 g/mol. The third-order valence-electron chi connectivity index (χ3n) is 2.87. The van der Waals surface area contributed by atoms with Gasteiger partial charge in [-0.25, -0.2) is 0 Å². The van der Waals surface area contributed by atoms with Crippen molar-refractivity contribution >= 4 is 5.97 Å². The van der Waals surface area contributed by atoms with E-state index in [2.05, 4.69) is 5.32 Å². The van der Waals surface area contributed by atoms with E-state index in [-0.39, 0.29) is 11.9 Å². The third kappa shape index (κ3) is 1.03. The Morgan fingerprint density at radius 3 is 2.82 bits per heavy atom. The van der Waals surface area contributed by atoms with E-state index in [9.17, 15) is 4.79 Å². The fraction of sp³-hybridized carbons (Fsp3) is 0.875. The number of piperidine rings is 1. The Kier molecular flexibility index (Phi) is 1.60. The molecule has 1 aliphatic heterocycles. The first-order valence-corrected chi connectivity index (χ1v) is 4.12. The molecule has 1 saturated heterocycles. The molecule has 0 radical (unpaired) electrons. The first kappa shape index (κ1) is 7.10. The topological polar surface area (TPSA) is 38.3 Å². The number of methoxy groups -OCH3 is 1. The molecule has 0 aromatic carbocycles. The van der Waals surface area contributed by atoms with Crippen LogP contribution in [0.4, 0.5) is 0 Å². The Bertz CT molecular complexity index is 181. The molecule has 2 rings (SSSR count). The molecule has 0 aromatic heterocycles. The number of hydrogen-bond donors (Lipinski definition) is 1. The lowest BCUT2D eigenvalue weighted by Crippen LogP contribution is -2.33. The van der Waals surface area contributed by atoms with E-state index in [1.54, 1.807) is 0 Å². The van der Waals surface area contributed by atoms with Gasteiger partial charge in [-0.3, -0.25) is 4.79 Å². The number of carbonyl (C=O) groups excluding carboxylic acids is 1. The third-order valence-corrected chi connectivity index (χ3v) is 2.87. The molecule has 2 aliphatic rings. The molecule has 3 atom stereocenters. The smallest absolute Gasteiger partial charge is 0.309 e. The number of carbonyl (C=O) groups is 1. The maximum Gasteiger partial charge on any atom is 0.309 e. The minimum atomic E-state index is -0.0148. The lowest BCUT2D eigenvalue weighted by Gasteiger charge is -2.19. The molecule has 1 N–H and O–H groups in total. The number of esters is 1. The van der Waals surface area contributed by atoms with Crippen LogP contribution in [0.25, 0.3) is 0 Å². The van der Waals surface area contributed by atoms with Gasteiger partial charge in [0.05, 0.1) is 13.0 Å². The van der Waals surface area contributed by atoms with Gasteiger partial charge in [-0.2, -0.15) is 0 Å². The first-order valence-electron chi connectivity index (χ1n) is 4.12. The number of hydrogen-bond acceptors (Lipinski definition) is 3. The van der Waals surface area contributed by atoms with Crippen LogP contribution in [-0.4, -0.2) is 25.7 Å². The summed E-state index contributed by atoms with van der Waals surface area (Å²) < 4.78 is 4.72. The standard InChI is InChI=1S/C8H13NO2/c1-11-8(10)7-3-6-2-5(7)4-9-6/h5-7,9H,2-4H2,1H3/t5-,6?,7-/m0/s1. The van der Waals surface area contributed by atoms with Gasteiger partial charge in [-0.1, -0.05) is 0 Å². The minimum absolute atomic E-state index is 0.0148. The van der Waals surface area contributed by atoms with E-state index in [1.165, 1.54) is 13.5 Å². The van der Waals surface area contributed by atoms with Crippen molar-refractivity contribution in [2.45, 2.75) is 18.9 Å². The molecule has 2 bridgehead atoms. The van der Waals surface area contributed by atoms with E-state index in [0.29, 0.717) is 12.0 Å². The number of fused-ring (bicyclic) bond motifs is 2. The van der Waals surface area contributed by atoms with Crippen LogP contribution in [0.5, 0.6) is 0 Å². The second-order valence-corrected chi connectivity index (χ2v) is 3.47. The summed E-state index contributed by atoms with van der Waals surface area (Å²) in [6, 6.07) is 0.587. The maximum atomic E-state index is 11.2. The van der Waals surface area contributed by atoms with Gasteiger partial charge < -0.3 is 10.1 Å². The molecule has 0 spiro atoms. The van der Waals surface area contributed by atoms with Crippen molar-refractivity contribution in [2.24, 2.45) is 11.8 Å². The van der Waals surface area contributed by atoms with Crippen molar-refractivity contribution in [2.75, 3.05) is 13.7 Å². The largest absolute Gasteiger partial charge is 0.469 e. The molecule has 0 amide bonds. The van der Waals surface area contributed by atoms with Gasteiger partial charge in [0.25, 0.3) is 0 Å². The zero-order valence-electron chi connectivity index (χ0n) is 6.67. The first-order chi connectivity index (χ1) is 5.31. The monoisotopic (exact) mass is 155 g/mol. The molecule has 1 aliphatic carbocycles. The van der Waals surface area contributed by atoms with Crippen LogP contribution >= 0.6 is 0 Å². The van der Waals surface area contributed by atoms with Crippen LogP contribution in [-0.2, 0) is 9.53 Å². The molecule has 0 aromatic rings. The molecule has 1 saturated carbocycles. The summed E-state index contributed by atoms with van der Waals surface area (Å²) in [6.07, 6.45) is 2.15. The fourth-order valence-corrected chi connectivity index (χ4v) is 2.28. The predicted molar refractivity (Wildman–Crippen MR) is 40.0 cm³/mol. The molecule has 11 heavy (non-hydrogen) atoms. The van der Waals surface area contributed by atoms with Gasteiger partial charge >= 0.3 is 5.97 Å².